The Labute approximate surface area is 105 Å². The lowest BCUT2D eigenvalue weighted by Gasteiger charge is -2.15. The first kappa shape index (κ1) is 12.7. The zero-order valence-corrected chi connectivity index (χ0v) is 11.6. The van der Waals surface area contributed by atoms with Crippen molar-refractivity contribution in [2.45, 2.75) is 4.90 Å². The molecule has 1 aromatic carbocycles. The van der Waals surface area contributed by atoms with E-state index in [1.165, 1.54) is 14.2 Å². The molecule has 0 N–H and O–H groups in total. The minimum Gasteiger partial charge on any atom is -0.338 e. The molecule has 1 aliphatic rings. The van der Waals surface area contributed by atoms with Gasteiger partial charge >= 0.3 is 7.60 Å². The number of thioether (sulfide) groups is 1. The van der Waals surface area contributed by atoms with Gasteiger partial charge in [0.25, 0.3) is 0 Å². The topological polar surface area (TPSA) is 38.8 Å². The Morgan fingerprint density at radius 2 is 1.94 bits per heavy atom. The van der Waals surface area contributed by atoms with Crippen molar-refractivity contribution in [2.75, 3.05) is 26.2 Å². The van der Waals surface area contributed by atoms with Crippen molar-refractivity contribution < 1.29 is 13.6 Å². The van der Waals surface area contributed by atoms with Gasteiger partial charge in [-0.2, -0.15) is 0 Å². The van der Waals surface area contributed by atoms with Crippen LogP contribution in [0.2, 0.25) is 0 Å². The third-order valence-corrected chi connectivity index (χ3v) is 5.47. The lowest BCUT2D eigenvalue weighted by Crippen LogP contribution is -2.09. The molecule has 0 amide bonds. The predicted molar refractivity (Wildman–Crippen MR) is 70.4 cm³/mol. The molecule has 0 fully saturated rings. The summed E-state index contributed by atoms with van der Waals surface area (Å²) in [6.45, 7) is 0. The minimum absolute atomic E-state index is 0.859. The first-order valence-corrected chi connectivity index (χ1v) is 7.47. The summed E-state index contributed by atoms with van der Waals surface area (Å²) in [5.74, 6) is 1.55. The Kier molecular flexibility index (Phi) is 3.64. The number of nitrogens with zero attached hydrogens (tertiary/aromatic N) is 1. The molecular weight excluding hydrogens is 257 g/mol. The lowest BCUT2D eigenvalue weighted by atomic mass is 10.3. The van der Waals surface area contributed by atoms with Gasteiger partial charge in [-0.15, -0.1) is 0 Å². The molecule has 0 saturated carbocycles. The van der Waals surface area contributed by atoms with Crippen LogP contribution in [0.4, 0.5) is 5.69 Å². The van der Waals surface area contributed by atoms with Crippen LogP contribution < -0.4 is 4.90 Å². The summed E-state index contributed by atoms with van der Waals surface area (Å²) in [6.07, 6.45) is 0. The Morgan fingerprint density at radius 1 is 1.29 bits per heavy atom. The molecule has 2 rings (SSSR count). The van der Waals surface area contributed by atoms with Crippen LogP contribution in [0.5, 0.6) is 0 Å². The quantitative estimate of drug-likeness (QED) is 0.786. The van der Waals surface area contributed by atoms with Gasteiger partial charge in [0, 0.05) is 26.2 Å². The second kappa shape index (κ2) is 4.86. The van der Waals surface area contributed by atoms with E-state index in [9.17, 15) is 4.57 Å². The summed E-state index contributed by atoms with van der Waals surface area (Å²) in [7, 11) is 1.58. The van der Waals surface area contributed by atoms with Crippen LogP contribution >= 0.6 is 19.4 Å². The van der Waals surface area contributed by atoms with Crippen LogP contribution in [0, 0.1) is 0 Å². The molecule has 17 heavy (non-hydrogen) atoms. The van der Waals surface area contributed by atoms with Gasteiger partial charge in [0.05, 0.1) is 16.5 Å². The summed E-state index contributed by atoms with van der Waals surface area (Å²) in [5.41, 5.74) is 1.10. The van der Waals surface area contributed by atoms with Gasteiger partial charge in [-0.25, -0.2) is 0 Å². The maximum atomic E-state index is 12.0. The van der Waals surface area contributed by atoms with Gasteiger partial charge in [-0.1, -0.05) is 23.9 Å². The summed E-state index contributed by atoms with van der Waals surface area (Å²) in [5, 5.41) is 0.859. The monoisotopic (exact) mass is 271 g/mol. The van der Waals surface area contributed by atoms with Gasteiger partial charge < -0.3 is 13.9 Å². The number of anilines is 1. The van der Waals surface area contributed by atoms with E-state index in [-0.39, 0.29) is 0 Å². The number of hydrogen-bond donors (Lipinski definition) is 0. The van der Waals surface area contributed by atoms with Crippen LogP contribution in [-0.4, -0.2) is 21.3 Å². The lowest BCUT2D eigenvalue weighted by molar-refractivity contribution is 0.286. The van der Waals surface area contributed by atoms with E-state index in [1.54, 1.807) is 17.6 Å². The SMILES string of the molecule is COP(=O)(/C=C1\Sc2ccccc2N1C)OC. The first-order valence-electron chi connectivity index (χ1n) is 5.04. The summed E-state index contributed by atoms with van der Waals surface area (Å²) in [4.78, 5) is 3.12. The van der Waals surface area contributed by atoms with Crippen molar-refractivity contribution in [3.05, 3.63) is 35.1 Å². The third kappa shape index (κ3) is 2.43. The fraction of sp³-hybridized carbons (Fsp3) is 0.273. The van der Waals surface area contributed by atoms with Crippen LogP contribution in [-0.2, 0) is 13.6 Å². The summed E-state index contributed by atoms with van der Waals surface area (Å²) < 4.78 is 21.9. The van der Waals surface area contributed by atoms with E-state index in [0.717, 1.165) is 15.6 Å². The number of hydrogen-bond acceptors (Lipinski definition) is 5. The largest absolute Gasteiger partial charge is 0.356 e. The van der Waals surface area contributed by atoms with E-state index >= 15 is 0 Å². The molecule has 92 valence electrons. The smallest absolute Gasteiger partial charge is 0.338 e. The second-order valence-electron chi connectivity index (χ2n) is 3.50. The molecule has 0 saturated heterocycles. The second-order valence-corrected chi connectivity index (χ2v) is 6.63. The van der Waals surface area contributed by atoms with E-state index in [4.69, 9.17) is 9.05 Å². The number of benzene rings is 1. The number of fused-ring (bicyclic) bond motifs is 1. The van der Waals surface area contributed by atoms with Crippen LogP contribution in [0.15, 0.2) is 40.0 Å². The van der Waals surface area contributed by atoms with E-state index in [0.29, 0.717) is 0 Å². The molecule has 0 aliphatic carbocycles. The van der Waals surface area contributed by atoms with Gasteiger partial charge in [-0.3, -0.25) is 4.57 Å². The maximum absolute atomic E-state index is 12.0. The van der Waals surface area contributed by atoms with Gasteiger partial charge in [0.1, 0.15) is 0 Å². The van der Waals surface area contributed by atoms with Crippen LogP contribution in [0.3, 0.4) is 0 Å². The minimum atomic E-state index is -3.12. The van der Waals surface area contributed by atoms with Crippen molar-refractivity contribution in [1.29, 1.82) is 0 Å². The third-order valence-electron chi connectivity index (χ3n) is 2.55. The van der Waals surface area contributed by atoms with E-state index in [2.05, 4.69) is 0 Å². The first-order chi connectivity index (χ1) is 8.09. The van der Waals surface area contributed by atoms with E-state index < -0.39 is 7.60 Å². The Bertz CT molecular complexity index is 495. The summed E-state index contributed by atoms with van der Waals surface area (Å²) >= 11 is 1.56. The normalized spacial score (nSPS) is 17.6. The number of rotatable bonds is 3. The molecule has 0 atom stereocenters. The fourth-order valence-corrected chi connectivity index (χ4v) is 3.87. The maximum Gasteiger partial charge on any atom is 0.356 e. The highest BCUT2D eigenvalue weighted by Crippen LogP contribution is 2.54. The van der Waals surface area contributed by atoms with E-state index in [1.807, 2.05) is 36.2 Å². The molecule has 1 aromatic rings. The van der Waals surface area contributed by atoms with Gasteiger partial charge in [-0.05, 0) is 12.1 Å². The van der Waals surface area contributed by atoms with Crippen molar-refractivity contribution in [2.24, 2.45) is 0 Å². The highest BCUT2D eigenvalue weighted by atomic mass is 32.2. The molecule has 0 radical (unpaired) electrons. The zero-order valence-electron chi connectivity index (χ0n) is 9.91. The average Bonchev–Trinajstić information content (AvgIpc) is 2.67. The Hall–Kier alpha value is -0.740. The molecular formula is C11H14NO3PS. The molecule has 1 heterocycles. The molecule has 6 heteroatoms. The Morgan fingerprint density at radius 3 is 2.53 bits per heavy atom. The van der Waals surface area contributed by atoms with Crippen molar-refractivity contribution in [3.8, 4) is 0 Å². The van der Waals surface area contributed by atoms with Crippen LogP contribution in [0.1, 0.15) is 0 Å². The standard InChI is InChI=1S/C11H14NO3PS/c1-12-9-6-4-5-7-10(9)17-11(12)8-16(13,14-2)15-3/h4-8H,1-3H3/b11-8-. The van der Waals surface area contributed by atoms with Crippen molar-refractivity contribution >= 4 is 25.0 Å². The molecule has 1 aliphatic heterocycles. The summed E-state index contributed by atoms with van der Waals surface area (Å²) in [6, 6.07) is 8.01. The molecule has 0 bridgehead atoms. The predicted octanol–water partition coefficient (Wildman–Crippen LogP) is 3.51. The highest BCUT2D eigenvalue weighted by molar-refractivity contribution is 8.04. The molecule has 0 spiro atoms. The van der Waals surface area contributed by atoms with Gasteiger partial charge in [0.15, 0.2) is 0 Å². The van der Waals surface area contributed by atoms with Crippen LogP contribution in [0.25, 0.3) is 0 Å². The Balaban J connectivity index is 2.34. The fourth-order valence-electron chi connectivity index (χ4n) is 1.55. The van der Waals surface area contributed by atoms with Gasteiger partial charge in [0.2, 0.25) is 0 Å². The average molecular weight is 271 g/mol. The molecule has 0 unspecified atom stereocenters. The van der Waals surface area contributed by atoms with Crippen molar-refractivity contribution in [1.82, 2.24) is 0 Å². The zero-order chi connectivity index (χ0) is 12.5. The highest BCUT2D eigenvalue weighted by Gasteiger charge is 2.26. The number of para-hydroxylation sites is 1. The molecule has 0 aromatic heterocycles. The molecule has 4 nitrogen and oxygen atoms in total. The van der Waals surface area contributed by atoms with Crippen molar-refractivity contribution in [3.63, 3.8) is 0 Å².